The van der Waals surface area contributed by atoms with Crippen LogP contribution in [0.2, 0.25) is 0 Å². The van der Waals surface area contributed by atoms with Gasteiger partial charge in [-0.2, -0.15) is 0 Å². The van der Waals surface area contributed by atoms with E-state index in [0.717, 1.165) is 29.5 Å². The lowest BCUT2D eigenvalue weighted by Gasteiger charge is -2.09. The van der Waals surface area contributed by atoms with Gasteiger partial charge in [-0.25, -0.2) is 0 Å². The third kappa shape index (κ3) is 22.8. The number of aryl methyl sites for hydroxylation is 3. The molecular weight excluding hydrogens is 1820 g/mol. The molecule has 27 heteroatoms. The van der Waals surface area contributed by atoms with E-state index in [-0.39, 0.29) is 110 Å². The van der Waals surface area contributed by atoms with Crippen LogP contribution >= 0.6 is 77.0 Å². The van der Waals surface area contributed by atoms with E-state index >= 15 is 0 Å². The van der Waals surface area contributed by atoms with Crippen molar-refractivity contribution in [2.45, 2.75) is 116 Å². The number of amides is 3. The minimum absolute atomic E-state index is 0.0109. The highest BCUT2D eigenvalue weighted by atomic mass is 127. The first-order valence-electron chi connectivity index (χ1n) is 36.8. The number of fused-ring (bicyclic) bond motifs is 3. The maximum atomic E-state index is 13.7. The second kappa shape index (κ2) is 40.8. The highest BCUT2D eigenvalue weighted by Crippen LogP contribution is 2.44. The molecule has 16 N–H and O–H groups in total. The predicted molar refractivity (Wildman–Crippen MR) is 459 cm³/mol. The molecule has 0 radical (unpaired) electrons. The zero-order chi connectivity index (χ0) is 81.7. The number of hydrogen-bond donors (Lipinski definition) is 11. The maximum absolute atomic E-state index is 13.7. The van der Waals surface area contributed by atoms with Crippen molar-refractivity contribution in [3.63, 3.8) is 0 Å². The topological polar surface area (TPSA) is 421 Å². The van der Waals surface area contributed by atoms with Crippen LogP contribution in [-0.2, 0) is 52.9 Å². The van der Waals surface area contributed by atoms with Crippen LogP contribution in [-0.4, -0.2) is 85.5 Å². The van der Waals surface area contributed by atoms with E-state index in [4.69, 9.17) is 56.1 Å². The van der Waals surface area contributed by atoms with Gasteiger partial charge in [0.2, 0.25) is 17.7 Å². The standard InChI is InChI=1S/C29H27Br2NO6.C29H27I2NO6.C29H31N3O6/c3*30-20-13-18(14-21(31)29(20)36)28(35)27-19-15-22(33)25(37-12-11-17-7-3-1-4-8-17)16-24(19)38-23(27)9-5-2-6-10-26(32)34/h2*1,3-4,7-8,13-16,33,36H,2,5-6,9-12H2,(H2,32,34);1,3-4,7-8,13-16,33,36H,2,5-6,9-12,30-31H2,(H2,32,34). The molecule has 3 heterocycles. The lowest BCUT2D eigenvalue weighted by Crippen LogP contribution is -2.09. The van der Waals surface area contributed by atoms with Crippen LogP contribution in [0.4, 0.5) is 11.4 Å². The molecule has 594 valence electrons. The first-order valence-corrected chi connectivity index (χ1v) is 40.6. The Labute approximate surface area is 700 Å². The number of benzene rings is 9. The number of carbonyl (C=O) groups is 6. The average Bonchev–Trinajstić information content (AvgIpc) is 1.63. The van der Waals surface area contributed by atoms with Crippen molar-refractivity contribution in [2.24, 2.45) is 17.2 Å². The Morgan fingerprint density at radius 2 is 0.640 bits per heavy atom. The fourth-order valence-corrected chi connectivity index (χ4v) is 15.8. The number of carbonyl (C=O) groups excluding carboxylic acids is 6. The quantitative estimate of drug-likeness (QED) is 0.00571. The Balaban J connectivity index is 0.000000181. The summed E-state index contributed by atoms with van der Waals surface area (Å²) >= 11 is 10.5. The Hall–Kier alpha value is -10.8. The van der Waals surface area contributed by atoms with Crippen LogP contribution in [0.3, 0.4) is 0 Å². The van der Waals surface area contributed by atoms with E-state index in [2.05, 4.69) is 31.9 Å². The summed E-state index contributed by atoms with van der Waals surface area (Å²) in [6, 6.07) is 47.9. The first-order chi connectivity index (χ1) is 54.7. The number of nitrogen functional groups attached to an aromatic ring is 2. The molecule has 0 atom stereocenters. The third-order valence-corrected chi connectivity index (χ3v) is 21.5. The first kappa shape index (κ1) is 85.7. The number of ketones is 3. The van der Waals surface area contributed by atoms with Gasteiger partial charge in [-0.1, -0.05) is 110 Å². The summed E-state index contributed by atoms with van der Waals surface area (Å²) in [5.41, 5.74) is 33.8. The van der Waals surface area contributed by atoms with Crippen LogP contribution in [0.5, 0.6) is 51.7 Å². The van der Waals surface area contributed by atoms with E-state index in [1.807, 2.05) is 136 Å². The molecule has 23 nitrogen and oxygen atoms in total. The Morgan fingerprint density at radius 1 is 0.351 bits per heavy atom. The maximum Gasteiger partial charge on any atom is 0.217 e. The number of ether oxygens (including phenoxy) is 3. The molecule has 12 aromatic rings. The number of phenolic OH excluding ortho intramolecular Hbond substituents is 6. The van der Waals surface area contributed by atoms with Crippen molar-refractivity contribution in [1.29, 1.82) is 0 Å². The lowest BCUT2D eigenvalue weighted by molar-refractivity contribution is -0.119. The molecule has 0 unspecified atom stereocenters. The molecule has 0 spiro atoms. The summed E-state index contributed by atoms with van der Waals surface area (Å²) in [5, 5.41) is 63.8. The molecule has 0 aliphatic heterocycles. The van der Waals surface area contributed by atoms with Crippen LogP contribution < -0.4 is 42.9 Å². The Kier molecular flexibility index (Phi) is 30.7. The number of halogens is 4. The van der Waals surface area contributed by atoms with Crippen molar-refractivity contribution in [2.75, 3.05) is 31.3 Å². The average molecular weight is 1900 g/mol. The van der Waals surface area contributed by atoms with Gasteiger partial charge in [-0.3, -0.25) is 28.8 Å². The van der Waals surface area contributed by atoms with Crippen LogP contribution in [0.25, 0.3) is 32.9 Å². The molecule has 0 saturated heterocycles. The van der Waals surface area contributed by atoms with E-state index in [0.29, 0.717) is 205 Å². The van der Waals surface area contributed by atoms with Gasteiger partial charge < -0.3 is 86.8 Å². The second-order valence-electron chi connectivity index (χ2n) is 27.0. The van der Waals surface area contributed by atoms with Gasteiger partial charge in [0, 0.05) is 109 Å². The fraction of sp³-hybridized carbons (Fsp3) is 0.241. The molecule has 0 saturated carbocycles. The molecule has 12 rings (SSSR count). The lowest BCUT2D eigenvalue weighted by atomic mass is 9.97. The summed E-state index contributed by atoms with van der Waals surface area (Å²) in [6.07, 6.45) is 10.4. The van der Waals surface area contributed by atoms with E-state index < -0.39 is 5.78 Å². The molecule has 0 aliphatic carbocycles. The number of hydrogen-bond acceptors (Lipinski definition) is 20. The van der Waals surface area contributed by atoms with E-state index in [9.17, 15) is 59.4 Å². The largest absolute Gasteiger partial charge is 0.506 e. The second-order valence-corrected chi connectivity index (χ2v) is 31.1. The summed E-state index contributed by atoms with van der Waals surface area (Å²) in [4.78, 5) is 74.2. The molecule has 3 amide bonds. The number of anilines is 2. The molecule has 3 aromatic heterocycles. The summed E-state index contributed by atoms with van der Waals surface area (Å²) < 4.78 is 37.8. The highest BCUT2D eigenvalue weighted by molar-refractivity contribution is 14.1. The molecule has 114 heavy (non-hydrogen) atoms. The number of nitrogens with two attached hydrogens (primary N) is 5. The van der Waals surface area contributed by atoms with E-state index in [1.165, 1.54) is 30.3 Å². The molecule has 9 aromatic carbocycles. The van der Waals surface area contributed by atoms with Gasteiger partial charge in [0.05, 0.1) is 64.0 Å². The van der Waals surface area contributed by atoms with Gasteiger partial charge in [0.1, 0.15) is 45.5 Å². The number of unbranched alkanes of at least 4 members (excludes halogenated alkanes) is 6. The third-order valence-electron chi connectivity index (χ3n) is 18.7. The zero-order valence-electron chi connectivity index (χ0n) is 61.9. The normalized spacial score (nSPS) is 11.1. The molecule has 0 bridgehead atoms. The van der Waals surface area contributed by atoms with Crippen molar-refractivity contribution in [1.82, 2.24) is 0 Å². The molecule has 0 aliphatic rings. The van der Waals surface area contributed by atoms with Gasteiger partial charge in [-0.05, 0) is 187 Å². The van der Waals surface area contributed by atoms with Gasteiger partial charge in [0.25, 0.3) is 0 Å². The van der Waals surface area contributed by atoms with Gasteiger partial charge in [-0.15, -0.1) is 0 Å². The number of phenols is 6. The predicted octanol–water partition coefficient (Wildman–Crippen LogP) is 17.8. The van der Waals surface area contributed by atoms with Crippen molar-refractivity contribution in [3.8, 4) is 51.7 Å². The van der Waals surface area contributed by atoms with Crippen LogP contribution in [0, 0.1) is 7.14 Å². The van der Waals surface area contributed by atoms with Gasteiger partial charge >= 0.3 is 0 Å². The minimum atomic E-state index is -0.411. The SMILES string of the molecule is NC(=O)CCCCCc1oc2cc(OCCc3ccccc3)c(O)cc2c1C(=O)c1cc(Br)c(O)c(Br)c1.NC(=O)CCCCCc1oc2cc(OCCc3ccccc3)c(O)cc2c1C(=O)c1cc(I)c(O)c(I)c1.NC(=O)CCCCCc1oc2cc(OCCc3ccccc3)c(O)cc2c1C(=O)c1cc(N)c(O)c(N)c1. The smallest absolute Gasteiger partial charge is 0.217 e. The Morgan fingerprint density at radius 3 is 0.939 bits per heavy atom. The Bertz CT molecular complexity index is 4860. The monoisotopic (exact) mass is 1900 g/mol. The van der Waals surface area contributed by atoms with Crippen LogP contribution in [0.1, 0.15) is 159 Å². The summed E-state index contributed by atoms with van der Waals surface area (Å²) in [6.45, 7) is 1.07. The van der Waals surface area contributed by atoms with Crippen molar-refractivity contribution in [3.05, 3.63) is 247 Å². The van der Waals surface area contributed by atoms with Crippen LogP contribution in [0.15, 0.2) is 186 Å². The number of furan rings is 3. The number of primary amides is 3. The zero-order valence-corrected chi connectivity index (χ0v) is 69.4. The van der Waals surface area contributed by atoms with Gasteiger partial charge in [0.15, 0.2) is 57.6 Å². The molecule has 0 fully saturated rings. The minimum Gasteiger partial charge on any atom is -0.506 e. The highest BCUT2D eigenvalue weighted by Gasteiger charge is 2.29. The van der Waals surface area contributed by atoms with E-state index in [1.54, 1.807) is 42.5 Å². The van der Waals surface area contributed by atoms with Crippen molar-refractivity contribution < 1.29 is 86.9 Å². The summed E-state index contributed by atoms with van der Waals surface area (Å²) in [7, 11) is 0. The van der Waals surface area contributed by atoms with Crippen molar-refractivity contribution >= 4 is 156 Å². The number of rotatable bonds is 36. The fourth-order valence-electron chi connectivity index (χ4n) is 12.8. The summed E-state index contributed by atoms with van der Waals surface area (Å²) in [5.74, 6) is -0.298. The number of aromatic hydroxyl groups is 6. The molecular formula is C87H85Br2I2N5O18.